The molecule has 3 heterocycles. The van der Waals surface area contributed by atoms with Gasteiger partial charge in [0.1, 0.15) is 5.69 Å². The minimum atomic E-state index is -4.65. The lowest BCUT2D eigenvalue weighted by Gasteiger charge is -2.42. The molecule has 1 N–H and O–H groups in total. The van der Waals surface area contributed by atoms with Crippen molar-refractivity contribution in [3.63, 3.8) is 0 Å². The van der Waals surface area contributed by atoms with Crippen molar-refractivity contribution in [1.29, 1.82) is 0 Å². The monoisotopic (exact) mass is 531 g/mol. The Morgan fingerprint density at radius 2 is 1.73 bits per heavy atom. The fourth-order valence-electron chi connectivity index (χ4n) is 5.15. The van der Waals surface area contributed by atoms with Crippen LogP contribution in [0.1, 0.15) is 29.2 Å². The molecule has 2 aromatic carbocycles. The lowest BCUT2D eigenvalue weighted by molar-refractivity contribution is -0.137. The number of fused-ring (bicyclic) bond motifs is 4. The fourth-order valence-corrected chi connectivity index (χ4v) is 6.76. The Balaban J connectivity index is 1.36. The molecule has 2 aliphatic rings. The van der Waals surface area contributed by atoms with E-state index in [0.29, 0.717) is 18.2 Å². The lowest BCUT2D eigenvalue weighted by Crippen LogP contribution is -2.49. The van der Waals surface area contributed by atoms with Crippen LogP contribution in [0.3, 0.4) is 0 Å². The van der Waals surface area contributed by atoms with Crippen LogP contribution in [0.25, 0.3) is 0 Å². The standard InChI is InChI=1S/C26H24F3N3O4S/c27-26(28,29)20-7-4-8-21(13-20)37(35,36)31-14-18-11-19(16-31)23-10-9-22(25(34)32(23)15-18)30-24(33)12-17-5-2-1-3-6-17/h1-10,13,18-19H,11-12,14-16H2,(H,30,33). The third kappa shape index (κ3) is 5.05. The van der Waals surface area contributed by atoms with Gasteiger partial charge in [0.2, 0.25) is 15.9 Å². The molecule has 3 aromatic rings. The van der Waals surface area contributed by atoms with Crippen molar-refractivity contribution >= 4 is 21.6 Å². The van der Waals surface area contributed by atoms with Crippen molar-refractivity contribution in [3.05, 3.63) is 93.9 Å². The van der Waals surface area contributed by atoms with E-state index in [2.05, 4.69) is 5.32 Å². The van der Waals surface area contributed by atoms with E-state index in [4.69, 9.17) is 0 Å². The van der Waals surface area contributed by atoms with Gasteiger partial charge in [-0.1, -0.05) is 36.4 Å². The number of carbonyl (C=O) groups is 1. The predicted octanol–water partition coefficient (Wildman–Crippen LogP) is 3.86. The van der Waals surface area contributed by atoms with E-state index in [9.17, 15) is 31.2 Å². The summed E-state index contributed by atoms with van der Waals surface area (Å²) in [6.45, 7) is 0.390. The molecule has 1 amide bonds. The first kappa shape index (κ1) is 25.2. The number of anilines is 1. The van der Waals surface area contributed by atoms with Gasteiger partial charge in [-0.15, -0.1) is 0 Å². The first-order valence-corrected chi connectivity index (χ1v) is 13.2. The van der Waals surface area contributed by atoms with Gasteiger partial charge in [-0.3, -0.25) is 9.59 Å². The Kier molecular flexibility index (Phi) is 6.45. The van der Waals surface area contributed by atoms with Gasteiger partial charge in [-0.2, -0.15) is 17.5 Å². The van der Waals surface area contributed by atoms with E-state index in [-0.39, 0.29) is 55.0 Å². The highest BCUT2D eigenvalue weighted by molar-refractivity contribution is 7.89. The average Bonchev–Trinajstić information content (AvgIpc) is 2.86. The van der Waals surface area contributed by atoms with Gasteiger partial charge in [0.05, 0.1) is 16.9 Å². The first-order valence-electron chi connectivity index (χ1n) is 11.8. The number of hydrogen-bond acceptors (Lipinski definition) is 4. The van der Waals surface area contributed by atoms with Gasteiger partial charge in [-0.05, 0) is 48.2 Å². The molecule has 37 heavy (non-hydrogen) atoms. The van der Waals surface area contributed by atoms with Gasteiger partial charge in [-0.25, -0.2) is 8.42 Å². The van der Waals surface area contributed by atoms with E-state index < -0.39 is 26.7 Å². The number of amides is 1. The van der Waals surface area contributed by atoms with E-state index >= 15 is 0 Å². The maximum Gasteiger partial charge on any atom is 0.416 e. The van der Waals surface area contributed by atoms with Crippen LogP contribution in [-0.4, -0.2) is 36.3 Å². The molecule has 2 bridgehead atoms. The number of piperidine rings is 1. The molecule has 2 aliphatic heterocycles. The number of sulfonamides is 1. The molecule has 2 atom stereocenters. The van der Waals surface area contributed by atoms with Crippen molar-refractivity contribution < 1.29 is 26.4 Å². The van der Waals surface area contributed by atoms with Gasteiger partial charge < -0.3 is 9.88 Å². The number of halogens is 3. The number of pyridine rings is 1. The predicted molar refractivity (Wildman–Crippen MR) is 131 cm³/mol. The lowest BCUT2D eigenvalue weighted by atomic mass is 9.84. The number of nitrogens with zero attached hydrogens (tertiary/aromatic N) is 2. The van der Waals surface area contributed by atoms with Gasteiger partial charge in [0.25, 0.3) is 5.56 Å². The summed E-state index contributed by atoms with van der Waals surface area (Å²) in [7, 11) is -4.16. The van der Waals surface area contributed by atoms with Crippen molar-refractivity contribution in [1.82, 2.24) is 8.87 Å². The van der Waals surface area contributed by atoms with Gasteiger partial charge >= 0.3 is 6.18 Å². The molecule has 5 rings (SSSR count). The molecule has 1 aromatic heterocycles. The number of rotatable bonds is 5. The SMILES string of the molecule is O=C(Cc1ccccc1)Nc1ccc2n(c1=O)CC1CC2CN(S(=O)(=O)c2cccc(C(F)(F)F)c2)C1. The summed E-state index contributed by atoms with van der Waals surface area (Å²) in [5, 5.41) is 2.68. The summed E-state index contributed by atoms with van der Waals surface area (Å²) in [5.74, 6) is -0.812. The number of aromatic nitrogens is 1. The highest BCUT2D eigenvalue weighted by Gasteiger charge is 2.40. The quantitative estimate of drug-likeness (QED) is 0.542. The summed E-state index contributed by atoms with van der Waals surface area (Å²) in [4.78, 5) is 25.2. The maximum absolute atomic E-state index is 13.2. The smallest absolute Gasteiger partial charge is 0.321 e. The molecule has 0 saturated carbocycles. The zero-order valence-corrected chi connectivity index (χ0v) is 20.4. The number of benzene rings is 2. The van der Waals surface area contributed by atoms with Crippen molar-refractivity contribution in [3.8, 4) is 0 Å². The third-order valence-corrected chi connectivity index (χ3v) is 8.68. The second-order valence-electron chi connectivity index (χ2n) is 9.44. The molecular formula is C26H24F3N3O4S. The van der Waals surface area contributed by atoms with Crippen LogP contribution >= 0.6 is 0 Å². The Morgan fingerprint density at radius 1 is 0.973 bits per heavy atom. The van der Waals surface area contributed by atoms with Crippen LogP contribution in [0.4, 0.5) is 18.9 Å². The molecule has 194 valence electrons. The van der Waals surface area contributed by atoms with Crippen LogP contribution in [0, 0.1) is 5.92 Å². The Hall–Kier alpha value is -3.44. The fraction of sp³-hybridized carbons (Fsp3) is 0.308. The second kappa shape index (κ2) is 9.46. The zero-order chi connectivity index (χ0) is 26.4. The molecule has 0 aliphatic carbocycles. The summed E-state index contributed by atoms with van der Waals surface area (Å²) in [6, 6.07) is 16.1. The van der Waals surface area contributed by atoms with E-state index in [1.54, 1.807) is 10.6 Å². The average molecular weight is 532 g/mol. The Labute approximate surface area is 211 Å². The van der Waals surface area contributed by atoms with Gasteiger partial charge in [0, 0.05) is 31.2 Å². The van der Waals surface area contributed by atoms with E-state index in [0.717, 1.165) is 23.8 Å². The number of carbonyl (C=O) groups excluding carboxylic acids is 1. The van der Waals surface area contributed by atoms with Crippen LogP contribution in [0.15, 0.2) is 76.4 Å². The molecule has 0 radical (unpaired) electrons. The van der Waals surface area contributed by atoms with Crippen LogP contribution in [0.5, 0.6) is 0 Å². The summed E-state index contributed by atoms with van der Waals surface area (Å²) in [5.41, 5.74) is 0.228. The zero-order valence-electron chi connectivity index (χ0n) is 19.6. The van der Waals surface area contributed by atoms with Crippen LogP contribution in [0.2, 0.25) is 0 Å². The van der Waals surface area contributed by atoms with Crippen molar-refractivity contribution in [2.75, 3.05) is 18.4 Å². The molecule has 1 saturated heterocycles. The molecule has 0 spiro atoms. The number of hydrogen-bond donors (Lipinski definition) is 1. The summed E-state index contributed by atoms with van der Waals surface area (Å²) in [6.07, 6.45) is -3.87. The van der Waals surface area contributed by atoms with Gasteiger partial charge in [0.15, 0.2) is 0 Å². The van der Waals surface area contributed by atoms with Crippen molar-refractivity contribution in [2.45, 2.75) is 36.4 Å². The minimum absolute atomic E-state index is 0.0498. The highest BCUT2D eigenvalue weighted by atomic mass is 32.2. The minimum Gasteiger partial charge on any atom is -0.321 e. The van der Waals surface area contributed by atoms with Crippen LogP contribution in [-0.2, 0) is 34.0 Å². The van der Waals surface area contributed by atoms with E-state index in [1.807, 2.05) is 30.3 Å². The second-order valence-corrected chi connectivity index (χ2v) is 11.4. The topological polar surface area (TPSA) is 88.5 Å². The molecule has 11 heteroatoms. The van der Waals surface area contributed by atoms with E-state index in [1.165, 1.54) is 10.4 Å². The molecule has 2 unspecified atom stereocenters. The summed E-state index contributed by atoms with van der Waals surface area (Å²) >= 11 is 0. The Bertz CT molecular complexity index is 1500. The molecule has 7 nitrogen and oxygen atoms in total. The normalized spacial score (nSPS) is 19.8. The molecular weight excluding hydrogens is 507 g/mol. The highest BCUT2D eigenvalue weighted by Crippen LogP contribution is 2.38. The largest absolute Gasteiger partial charge is 0.416 e. The maximum atomic E-state index is 13.2. The number of nitrogens with one attached hydrogen (secondary N) is 1. The third-order valence-electron chi connectivity index (χ3n) is 6.85. The molecule has 1 fully saturated rings. The van der Waals surface area contributed by atoms with Crippen molar-refractivity contribution in [2.24, 2.45) is 5.92 Å². The Morgan fingerprint density at radius 3 is 2.46 bits per heavy atom. The van der Waals surface area contributed by atoms with Crippen LogP contribution < -0.4 is 10.9 Å². The number of alkyl halides is 3. The first-order chi connectivity index (χ1) is 17.5. The summed E-state index contributed by atoms with van der Waals surface area (Å²) < 4.78 is 68.7.